The van der Waals surface area contributed by atoms with Gasteiger partial charge in [-0.05, 0) is 42.7 Å². The van der Waals surface area contributed by atoms with Crippen LogP contribution in [0.3, 0.4) is 0 Å². The fraction of sp³-hybridized carbons (Fsp3) is 0.350. The molecule has 160 valence electrons. The average Bonchev–Trinajstić information content (AvgIpc) is 2.66. The molecular formula is C20H25F3IN3O2. The molecule has 0 unspecified atom stereocenters. The number of aliphatic imine (C=N–C) groups is 1. The Kier molecular flexibility index (Phi) is 10.1. The maximum atomic E-state index is 12.6. The van der Waals surface area contributed by atoms with E-state index in [4.69, 9.17) is 4.74 Å². The van der Waals surface area contributed by atoms with E-state index in [9.17, 15) is 18.3 Å². The minimum atomic E-state index is -4.34. The quantitative estimate of drug-likeness (QED) is 0.287. The Morgan fingerprint density at radius 2 is 1.79 bits per heavy atom. The third-order valence-electron chi connectivity index (χ3n) is 4.02. The van der Waals surface area contributed by atoms with Crippen LogP contribution in [0.5, 0.6) is 11.5 Å². The Hall–Kier alpha value is -2.17. The molecule has 0 atom stereocenters. The second kappa shape index (κ2) is 11.7. The third kappa shape index (κ3) is 8.00. The Labute approximate surface area is 185 Å². The van der Waals surface area contributed by atoms with Gasteiger partial charge in [0.1, 0.15) is 11.5 Å². The largest absolute Gasteiger partial charge is 0.508 e. The summed E-state index contributed by atoms with van der Waals surface area (Å²) >= 11 is 0. The number of methoxy groups -OCH3 is 1. The maximum Gasteiger partial charge on any atom is 0.416 e. The highest BCUT2D eigenvalue weighted by atomic mass is 127. The summed E-state index contributed by atoms with van der Waals surface area (Å²) < 4.78 is 42.9. The van der Waals surface area contributed by atoms with E-state index in [-0.39, 0.29) is 36.3 Å². The fourth-order valence-corrected chi connectivity index (χ4v) is 2.51. The first-order valence-electron chi connectivity index (χ1n) is 8.87. The number of benzene rings is 2. The van der Waals surface area contributed by atoms with Gasteiger partial charge >= 0.3 is 6.18 Å². The first kappa shape index (κ1) is 24.9. The second-order valence-electron chi connectivity index (χ2n) is 6.06. The van der Waals surface area contributed by atoms with Crippen LogP contribution in [0, 0.1) is 0 Å². The summed E-state index contributed by atoms with van der Waals surface area (Å²) in [5.74, 6) is 1.30. The molecule has 0 aromatic heterocycles. The predicted molar refractivity (Wildman–Crippen MR) is 118 cm³/mol. The summed E-state index contributed by atoms with van der Waals surface area (Å²) in [6, 6.07) is 10.1. The minimum Gasteiger partial charge on any atom is -0.508 e. The van der Waals surface area contributed by atoms with Crippen molar-refractivity contribution in [1.29, 1.82) is 0 Å². The number of aromatic hydroxyl groups is 1. The van der Waals surface area contributed by atoms with Crippen LogP contribution in [0.15, 0.2) is 47.5 Å². The van der Waals surface area contributed by atoms with Gasteiger partial charge < -0.3 is 20.5 Å². The Morgan fingerprint density at radius 3 is 2.34 bits per heavy atom. The van der Waals surface area contributed by atoms with E-state index < -0.39 is 11.7 Å². The molecule has 0 spiro atoms. The maximum absolute atomic E-state index is 12.6. The molecule has 2 rings (SSSR count). The molecule has 0 radical (unpaired) electrons. The van der Waals surface area contributed by atoms with Crippen molar-refractivity contribution < 1.29 is 23.0 Å². The lowest BCUT2D eigenvalue weighted by Gasteiger charge is -2.12. The molecule has 9 heteroatoms. The number of phenolic OH excluding ortho intramolecular Hbond substituents is 1. The molecule has 0 aliphatic rings. The summed E-state index contributed by atoms with van der Waals surface area (Å²) in [7, 11) is 1.53. The second-order valence-corrected chi connectivity index (χ2v) is 6.06. The number of halogens is 4. The molecule has 0 aliphatic heterocycles. The van der Waals surface area contributed by atoms with Gasteiger partial charge in [0, 0.05) is 19.2 Å². The molecule has 5 nitrogen and oxygen atoms in total. The summed E-state index contributed by atoms with van der Waals surface area (Å²) in [5, 5.41) is 16.2. The number of alkyl halides is 3. The SMILES string of the molecule is CCNC(=NCc1ccc(C(F)(F)F)cc1)NCCc1ccc(OC)cc1O.I. The van der Waals surface area contributed by atoms with Crippen molar-refractivity contribution >= 4 is 29.9 Å². The molecule has 29 heavy (non-hydrogen) atoms. The smallest absolute Gasteiger partial charge is 0.416 e. The standard InChI is InChI=1S/C20H24F3N3O2.HI/c1-3-24-19(25-11-10-15-6-9-17(28-2)12-18(15)27)26-13-14-4-7-16(8-5-14)20(21,22)23;/h4-9,12,27H,3,10-11,13H2,1-2H3,(H2,24,25,26);1H. The molecule has 2 aromatic rings. The summed E-state index contributed by atoms with van der Waals surface area (Å²) in [5.41, 5.74) is 0.773. The molecule has 0 saturated heterocycles. The fourth-order valence-electron chi connectivity index (χ4n) is 2.51. The Balaban J connectivity index is 0.00000420. The number of phenols is 1. The van der Waals surface area contributed by atoms with Gasteiger partial charge in [-0.1, -0.05) is 18.2 Å². The van der Waals surface area contributed by atoms with Crippen molar-refractivity contribution in [2.45, 2.75) is 26.1 Å². The molecule has 0 aliphatic carbocycles. The van der Waals surface area contributed by atoms with Crippen LogP contribution in [-0.4, -0.2) is 31.3 Å². The van der Waals surface area contributed by atoms with Gasteiger partial charge in [-0.25, -0.2) is 4.99 Å². The molecule has 0 saturated carbocycles. The normalized spacial score (nSPS) is 11.6. The molecule has 2 aromatic carbocycles. The van der Waals surface area contributed by atoms with E-state index in [0.717, 1.165) is 17.7 Å². The highest BCUT2D eigenvalue weighted by molar-refractivity contribution is 14.0. The van der Waals surface area contributed by atoms with Gasteiger partial charge in [-0.3, -0.25) is 0 Å². The van der Waals surface area contributed by atoms with Crippen molar-refractivity contribution in [2.24, 2.45) is 4.99 Å². The first-order valence-corrected chi connectivity index (χ1v) is 8.87. The number of nitrogens with one attached hydrogen (secondary N) is 2. The molecule has 0 amide bonds. The molecular weight excluding hydrogens is 498 g/mol. The van der Waals surface area contributed by atoms with Gasteiger partial charge in [0.15, 0.2) is 5.96 Å². The van der Waals surface area contributed by atoms with Gasteiger partial charge in [0.2, 0.25) is 0 Å². The predicted octanol–water partition coefficient (Wildman–Crippen LogP) is 4.34. The van der Waals surface area contributed by atoms with Gasteiger partial charge in [-0.2, -0.15) is 13.2 Å². The van der Waals surface area contributed by atoms with E-state index in [0.29, 0.717) is 36.8 Å². The van der Waals surface area contributed by atoms with Crippen LogP contribution in [0.1, 0.15) is 23.6 Å². The number of nitrogens with zero attached hydrogens (tertiary/aromatic N) is 1. The van der Waals surface area contributed by atoms with Crippen LogP contribution in [-0.2, 0) is 19.1 Å². The summed E-state index contributed by atoms with van der Waals surface area (Å²) in [4.78, 5) is 4.39. The lowest BCUT2D eigenvalue weighted by atomic mass is 10.1. The van der Waals surface area contributed by atoms with E-state index >= 15 is 0 Å². The van der Waals surface area contributed by atoms with Gasteiger partial charge in [0.05, 0.1) is 19.2 Å². The highest BCUT2D eigenvalue weighted by Gasteiger charge is 2.29. The van der Waals surface area contributed by atoms with E-state index in [1.165, 1.54) is 19.2 Å². The van der Waals surface area contributed by atoms with Crippen LogP contribution >= 0.6 is 24.0 Å². The number of hydrogen-bond acceptors (Lipinski definition) is 3. The van der Waals surface area contributed by atoms with Crippen molar-refractivity contribution in [2.75, 3.05) is 20.2 Å². The van der Waals surface area contributed by atoms with Gasteiger partial charge in [-0.15, -0.1) is 24.0 Å². The number of rotatable bonds is 7. The minimum absolute atomic E-state index is 0. The topological polar surface area (TPSA) is 65.9 Å². The number of guanidine groups is 1. The highest BCUT2D eigenvalue weighted by Crippen LogP contribution is 2.29. The summed E-state index contributed by atoms with van der Waals surface area (Å²) in [6.07, 6.45) is -3.77. The van der Waals surface area contributed by atoms with Crippen LogP contribution < -0.4 is 15.4 Å². The van der Waals surface area contributed by atoms with E-state index in [2.05, 4.69) is 15.6 Å². The van der Waals surface area contributed by atoms with E-state index in [1.54, 1.807) is 18.2 Å². The zero-order valence-corrected chi connectivity index (χ0v) is 18.5. The molecule has 0 heterocycles. The van der Waals surface area contributed by atoms with Crippen molar-refractivity contribution in [3.8, 4) is 11.5 Å². The third-order valence-corrected chi connectivity index (χ3v) is 4.02. The lowest BCUT2D eigenvalue weighted by Crippen LogP contribution is -2.38. The monoisotopic (exact) mass is 523 g/mol. The number of ether oxygens (including phenoxy) is 1. The average molecular weight is 523 g/mol. The van der Waals surface area contributed by atoms with E-state index in [1.807, 2.05) is 6.92 Å². The molecule has 3 N–H and O–H groups in total. The number of hydrogen-bond donors (Lipinski definition) is 3. The Bertz CT molecular complexity index is 797. The lowest BCUT2D eigenvalue weighted by molar-refractivity contribution is -0.137. The van der Waals surface area contributed by atoms with Crippen LogP contribution in [0.2, 0.25) is 0 Å². The van der Waals surface area contributed by atoms with Crippen LogP contribution in [0.4, 0.5) is 13.2 Å². The molecule has 0 fully saturated rings. The zero-order valence-electron chi connectivity index (χ0n) is 16.2. The first-order chi connectivity index (χ1) is 13.3. The Morgan fingerprint density at radius 1 is 1.10 bits per heavy atom. The van der Waals surface area contributed by atoms with Crippen molar-refractivity contribution in [1.82, 2.24) is 10.6 Å². The molecule has 0 bridgehead atoms. The summed E-state index contributed by atoms with van der Waals surface area (Å²) in [6.45, 7) is 3.34. The zero-order chi connectivity index (χ0) is 20.6. The van der Waals surface area contributed by atoms with Gasteiger partial charge in [0.25, 0.3) is 0 Å². The van der Waals surface area contributed by atoms with Crippen molar-refractivity contribution in [3.63, 3.8) is 0 Å². The van der Waals surface area contributed by atoms with Crippen LogP contribution in [0.25, 0.3) is 0 Å². The van der Waals surface area contributed by atoms with Crippen molar-refractivity contribution in [3.05, 3.63) is 59.2 Å².